The normalized spacial score (nSPS) is 25.6. The Kier molecular flexibility index (Phi) is 3.69. The largest absolute Gasteiger partial charge is 0.467 e. The van der Waals surface area contributed by atoms with Gasteiger partial charge in [0.1, 0.15) is 11.5 Å². The quantitative estimate of drug-likeness (QED) is 0.420. The summed E-state index contributed by atoms with van der Waals surface area (Å²) in [6, 6.07) is -0.811. The van der Waals surface area contributed by atoms with Crippen LogP contribution >= 0.6 is 0 Å². The maximum absolute atomic E-state index is 11.7. The minimum absolute atomic E-state index is 0.236. The number of ether oxygens (including phenoxy) is 1. The van der Waals surface area contributed by atoms with Crippen molar-refractivity contribution in [1.29, 1.82) is 0 Å². The van der Waals surface area contributed by atoms with Crippen LogP contribution in [0, 0.1) is 16.0 Å². The van der Waals surface area contributed by atoms with Crippen LogP contribution in [0.25, 0.3) is 0 Å². The van der Waals surface area contributed by atoms with E-state index >= 15 is 0 Å². The molecule has 1 saturated carbocycles. The van der Waals surface area contributed by atoms with Crippen molar-refractivity contribution >= 4 is 11.9 Å². The molecule has 0 saturated heterocycles. The Bertz CT molecular complexity index is 357. The van der Waals surface area contributed by atoms with E-state index in [1.165, 1.54) is 7.11 Å². The highest BCUT2D eigenvalue weighted by Crippen LogP contribution is 2.33. The molecule has 1 aliphatic rings. The van der Waals surface area contributed by atoms with Gasteiger partial charge >= 0.3 is 5.97 Å². The van der Waals surface area contributed by atoms with Crippen molar-refractivity contribution in [3.05, 3.63) is 10.1 Å². The molecule has 7 heteroatoms. The molecule has 1 N–H and O–H groups in total. The molecule has 0 aromatic rings. The van der Waals surface area contributed by atoms with E-state index in [2.05, 4.69) is 10.1 Å². The Morgan fingerprint density at radius 2 is 2.18 bits per heavy atom. The van der Waals surface area contributed by atoms with Gasteiger partial charge in [-0.25, -0.2) is 4.79 Å². The van der Waals surface area contributed by atoms with Gasteiger partial charge in [0, 0.05) is 11.3 Å². The average Bonchev–Trinajstić information content (AvgIpc) is 3.07. The molecule has 0 spiro atoms. The molecule has 1 rings (SSSR count). The first kappa shape index (κ1) is 13.4. The monoisotopic (exact) mass is 244 g/mol. The average molecular weight is 244 g/mol. The Labute approximate surface area is 98.7 Å². The molecule has 0 aromatic carbocycles. The van der Waals surface area contributed by atoms with Crippen LogP contribution in [0.2, 0.25) is 0 Å². The molecular formula is C10H16N2O5. The minimum Gasteiger partial charge on any atom is -0.467 e. The zero-order valence-electron chi connectivity index (χ0n) is 10.1. The van der Waals surface area contributed by atoms with E-state index in [-0.39, 0.29) is 6.42 Å². The summed E-state index contributed by atoms with van der Waals surface area (Å²) in [5.41, 5.74) is -1.12. The van der Waals surface area contributed by atoms with E-state index in [1.807, 2.05) is 0 Å². The topological polar surface area (TPSA) is 98.5 Å². The van der Waals surface area contributed by atoms with Crippen molar-refractivity contribution in [3.8, 4) is 0 Å². The Morgan fingerprint density at radius 3 is 2.53 bits per heavy atom. The van der Waals surface area contributed by atoms with Crippen LogP contribution in [0.3, 0.4) is 0 Å². The third kappa shape index (κ3) is 2.72. The predicted octanol–water partition coefficient (Wildman–Crippen LogP) is 0.110. The van der Waals surface area contributed by atoms with Gasteiger partial charge in [0.05, 0.1) is 7.11 Å². The number of esters is 1. The molecule has 96 valence electrons. The molecule has 0 bridgehead atoms. The lowest BCUT2D eigenvalue weighted by Crippen LogP contribution is -2.53. The van der Waals surface area contributed by atoms with E-state index in [0.29, 0.717) is 6.42 Å². The number of nitro groups is 1. The number of nitrogens with zero attached hydrogens (tertiary/aromatic N) is 1. The highest BCUT2D eigenvalue weighted by molar-refractivity contribution is 5.90. The molecule has 1 amide bonds. The maximum Gasteiger partial charge on any atom is 0.331 e. The number of amides is 1. The Morgan fingerprint density at radius 1 is 1.59 bits per heavy atom. The number of carbonyl (C=O) groups excluding carboxylic acids is 2. The summed E-state index contributed by atoms with van der Waals surface area (Å²) in [7, 11) is 1.24. The lowest BCUT2D eigenvalue weighted by atomic mass is 9.99. The highest BCUT2D eigenvalue weighted by Gasteiger charge is 2.54. The molecule has 3 atom stereocenters. The van der Waals surface area contributed by atoms with E-state index in [4.69, 9.17) is 0 Å². The third-order valence-electron chi connectivity index (χ3n) is 3.11. The second-order valence-corrected chi connectivity index (χ2v) is 4.36. The molecule has 0 heterocycles. The molecule has 7 nitrogen and oxygen atoms in total. The summed E-state index contributed by atoms with van der Waals surface area (Å²) in [4.78, 5) is 33.1. The van der Waals surface area contributed by atoms with Crippen LogP contribution in [-0.4, -0.2) is 35.5 Å². The molecule has 3 unspecified atom stereocenters. The zero-order chi connectivity index (χ0) is 13.2. The van der Waals surface area contributed by atoms with Crippen molar-refractivity contribution in [1.82, 2.24) is 5.32 Å². The predicted molar refractivity (Wildman–Crippen MR) is 57.7 cm³/mol. The summed E-state index contributed by atoms with van der Waals surface area (Å²) >= 11 is 0. The van der Waals surface area contributed by atoms with E-state index in [9.17, 15) is 19.7 Å². The summed E-state index contributed by atoms with van der Waals surface area (Å²) in [5.74, 6) is -1.63. The molecule has 1 fully saturated rings. The lowest BCUT2D eigenvalue weighted by Gasteiger charge is -2.26. The van der Waals surface area contributed by atoms with Gasteiger partial charge in [-0.2, -0.15) is 0 Å². The molecule has 0 aliphatic heterocycles. The van der Waals surface area contributed by atoms with Crippen molar-refractivity contribution in [2.75, 3.05) is 7.11 Å². The van der Waals surface area contributed by atoms with Crippen molar-refractivity contribution in [2.24, 2.45) is 5.92 Å². The fourth-order valence-electron chi connectivity index (χ4n) is 1.57. The number of hydrogen-bond donors (Lipinski definition) is 1. The molecule has 0 aromatic heterocycles. The first-order valence-corrected chi connectivity index (χ1v) is 5.39. The van der Waals surface area contributed by atoms with Gasteiger partial charge in [-0.1, -0.05) is 6.92 Å². The Hall–Kier alpha value is -1.66. The van der Waals surface area contributed by atoms with Gasteiger partial charge < -0.3 is 10.1 Å². The van der Waals surface area contributed by atoms with E-state index in [0.717, 1.165) is 0 Å². The second kappa shape index (κ2) is 4.68. The number of carbonyl (C=O) groups is 2. The van der Waals surface area contributed by atoms with Crippen molar-refractivity contribution in [2.45, 2.75) is 38.3 Å². The smallest absolute Gasteiger partial charge is 0.331 e. The van der Waals surface area contributed by atoms with Crippen LogP contribution < -0.4 is 5.32 Å². The molecule has 1 aliphatic carbocycles. The highest BCUT2D eigenvalue weighted by atomic mass is 16.6. The molecule has 17 heavy (non-hydrogen) atoms. The summed E-state index contributed by atoms with van der Waals surface area (Å²) in [5, 5.41) is 13.0. The third-order valence-corrected chi connectivity index (χ3v) is 3.11. The number of nitrogens with one attached hydrogen (secondary N) is 1. The molecular weight excluding hydrogens is 228 g/mol. The van der Waals surface area contributed by atoms with E-state index in [1.54, 1.807) is 13.8 Å². The fraction of sp³-hybridized carbons (Fsp3) is 0.800. The fourth-order valence-corrected chi connectivity index (χ4v) is 1.57. The minimum atomic E-state index is -1.12. The van der Waals surface area contributed by atoms with Crippen LogP contribution in [0.4, 0.5) is 0 Å². The van der Waals surface area contributed by atoms with Crippen LogP contribution in [-0.2, 0) is 14.3 Å². The molecule has 0 radical (unpaired) electrons. The van der Waals surface area contributed by atoms with Gasteiger partial charge in [-0.05, 0) is 13.3 Å². The lowest BCUT2D eigenvalue weighted by molar-refractivity contribution is -0.497. The summed E-state index contributed by atoms with van der Waals surface area (Å²) in [6.45, 7) is 3.27. The van der Waals surface area contributed by atoms with E-state index < -0.39 is 34.3 Å². The standard InChI is InChI=1S/C10H16N2O5/c1-4-10(2,9(14)17-3)11-8(13)6-5-7(6)12(15)16/h6-7H,4-5H2,1-3H3,(H,11,13). The maximum atomic E-state index is 11.7. The number of rotatable bonds is 5. The van der Waals surface area contributed by atoms with Crippen LogP contribution in [0.15, 0.2) is 0 Å². The summed E-state index contributed by atoms with van der Waals surface area (Å²) < 4.78 is 4.59. The van der Waals surface area contributed by atoms with Crippen molar-refractivity contribution < 1.29 is 19.2 Å². The van der Waals surface area contributed by atoms with Crippen LogP contribution in [0.1, 0.15) is 26.7 Å². The summed E-state index contributed by atoms with van der Waals surface area (Å²) in [6.07, 6.45) is 0.598. The second-order valence-electron chi connectivity index (χ2n) is 4.36. The first-order chi connectivity index (χ1) is 7.85. The number of methoxy groups -OCH3 is 1. The number of hydrogen-bond acceptors (Lipinski definition) is 5. The zero-order valence-corrected chi connectivity index (χ0v) is 10.1. The van der Waals surface area contributed by atoms with Gasteiger partial charge in [0.15, 0.2) is 0 Å². The van der Waals surface area contributed by atoms with Crippen LogP contribution in [0.5, 0.6) is 0 Å². The SMILES string of the molecule is CCC(C)(NC(=O)C1CC1[N+](=O)[O-])C(=O)OC. The Balaban J connectivity index is 2.61. The van der Waals surface area contributed by atoms with Crippen molar-refractivity contribution in [3.63, 3.8) is 0 Å². The van der Waals surface area contributed by atoms with Gasteiger partial charge in [0.2, 0.25) is 11.9 Å². The van der Waals surface area contributed by atoms with Gasteiger partial charge in [-0.15, -0.1) is 0 Å². The van der Waals surface area contributed by atoms with Gasteiger partial charge in [-0.3, -0.25) is 14.9 Å². The van der Waals surface area contributed by atoms with Gasteiger partial charge in [0.25, 0.3) is 0 Å². The first-order valence-electron chi connectivity index (χ1n) is 5.39.